The zero-order chi connectivity index (χ0) is 22.8. The largest absolute Gasteiger partial charge is 0.508 e. The molecule has 1 aliphatic heterocycles. The van der Waals surface area contributed by atoms with Gasteiger partial charge in [-0.15, -0.1) is 0 Å². The molecule has 0 bridgehead atoms. The number of hydrogen-bond acceptors (Lipinski definition) is 3. The molecule has 0 aromatic heterocycles. The molecule has 0 fully saturated rings. The van der Waals surface area contributed by atoms with Crippen LogP contribution in [0.15, 0.2) is 65.7 Å². The third-order valence-electron chi connectivity index (χ3n) is 6.09. The Kier molecular flexibility index (Phi) is 6.33. The maximum Gasteiger partial charge on any atom is 0.251 e. The number of amides is 1. The lowest BCUT2D eigenvalue weighted by Crippen LogP contribution is -2.36. The molecule has 32 heavy (non-hydrogen) atoms. The van der Waals surface area contributed by atoms with Crippen LogP contribution in [0.3, 0.4) is 0 Å². The van der Waals surface area contributed by atoms with Crippen molar-refractivity contribution in [2.24, 2.45) is 4.99 Å². The van der Waals surface area contributed by atoms with Crippen LogP contribution < -0.4 is 4.90 Å². The lowest BCUT2D eigenvalue weighted by atomic mass is 9.95. The summed E-state index contributed by atoms with van der Waals surface area (Å²) in [6.45, 7) is 4.29. The Balaban J connectivity index is 1.84. The Hall–Kier alpha value is -3.11. The van der Waals surface area contributed by atoms with Crippen molar-refractivity contribution in [1.29, 1.82) is 0 Å². The van der Waals surface area contributed by atoms with Crippen molar-refractivity contribution in [2.75, 3.05) is 11.9 Å². The number of anilines is 1. The van der Waals surface area contributed by atoms with E-state index in [1.165, 1.54) is 11.1 Å². The number of aliphatic imine (C=N–C) groups is 1. The molecular weight excluding hydrogens is 420 g/mol. The predicted octanol–water partition coefficient (Wildman–Crippen LogP) is 5.60. The van der Waals surface area contributed by atoms with Crippen molar-refractivity contribution in [3.63, 3.8) is 0 Å². The minimum absolute atomic E-state index is 0.0519. The van der Waals surface area contributed by atoms with Crippen LogP contribution in [-0.2, 0) is 24.1 Å². The van der Waals surface area contributed by atoms with Gasteiger partial charge in [-0.05, 0) is 72.0 Å². The summed E-state index contributed by atoms with van der Waals surface area (Å²) >= 11 is 6.33. The van der Waals surface area contributed by atoms with Crippen LogP contribution >= 0.6 is 11.6 Å². The molecule has 0 saturated carbocycles. The molecule has 3 aromatic carbocycles. The third kappa shape index (κ3) is 4.28. The number of likely N-dealkylation sites (N-methyl/N-ethyl adjacent to an activating group) is 1. The number of benzodiazepines with no additional fused rings is 1. The van der Waals surface area contributed by atoms with Crippen LogP contribution in [0.5, 0.6) is 5.75 Å². The molecule has 1 heterocycles. The fraction of sp³-hybridized carbons (Fsp3) is 0.259. The number of rotatable bonds is 5. The monoisotopic (exact) mass is 446 g/mol. The standard InChI is InChI=1S/C27H27ClN2O2/c1-4-17-6-7-20(18(5-2)14-17)15-24-27(32)30(3)25-13-10-21(28)16-23(25)26(29-24)19-8-11-22(31)12-9-19/h6-14,16,24,31H,4-5,15H2,1-3H3. The summed E-state index contributed by atoms with van der Waals surface area (Å²) < 4.78 is 0. The molecule has 3 aromatic rings. The number of phenolic OH excluding ortho intramolecular Hbond substituents is 1. The van der Waals surface area contributed by atoms with E-state index in [1.54, 1.807) is 30.1 Å². The van der Waals surface area contributed by atoms with Crippen molar-refractivity contribution < 1.29 is 9.90 Å². The van der Waals surface area contributed by atoms with Crippen LogP contribution in [-0.4, -0.2) is 29.8 Å². The van der Waals surface area contributed by atoms with Crippen molar-refractivity contribution in [1.82, 2.24) is 0 Å². The summed E-state index contributed by atoms with van der Waals surface area (Å²) in [5.41, 5.74) is 6.81. The molecule has 1 unspecified atom stereocenters. The predicted molar refractivity (Wildman–Crippen MR) is 131 cm³/mol. The second kappa shape index (κ2) is 9.17. The zero-order valence-electron chi connectivity index (χ0n) is 18.6. The highest BCUT2D eigenvalue weighted by Crippen LogP contribution is 2.31. The lowest BCUT2D eigenvalue weighted by molar-refractivity contribution is -0.119. The van der Waals surface area contributed by atoms with Crippen LogP contribution in [0.1, 0.15) is 41.7 Å². The van der Waals surface area contributed by atoms with Gasteiger partial charge in [0.1, 0.15) is 11.8 Å². The molecule has 1 aliphatic rings. The molecule has 4 rings (SSSR count). The van der Waals surface area contributed by atoms with E-state index in [1.807, 2.05) is 24.3 Å². The van der Waals surface area contributed by atoms with Gasteiger partial charge in [0, 0.05) is 29.6 Å². The van der Waals surface area contributed by atoms with E-state index < -0.39 is 6.04 Å². The van der Waals surface area contributed by atoms with Crippen LogP contribution in [0.25, 0.3) is 0 Å². The first-order valence-corrected chi connectivity index (χ1v) is 11.3. The molecule has 0 spiro atoms. The molecule has 0 saturated heterocycles. The van der Waals surface area contributed by atoms with Crippen LogP contribution in [0.4, 0.5) is 5.69 Å². The van der Waals surface area contributed by atoms with E-state index in [0.717, 1.165) is 35.2 Å². The maximum atomic E-state index is 13.5. The summed E-state index contributed by atoms with van der Waals surface area (Å²) in [6, 6.07) is 18.3. The Morgan fingerprint density at radius 1 is 0.969 bits per heavy atom. The van der Waals surface area contributed by atoms with E-state index in [4.69, 9.17) is 16.6 Å². The first-order valence-electron chi connectivity index (χ1n) is 11.0. The van der Waals surface area contributed by atoms with E-state index in [0.29, 0.717) is 17.2 Å². The van der Waals surface area contributed by atoms with E-state index in [2.05, 4.69) is 32.0 Å². The highest BCUT2D eigenvalue weighted by Gasteiger charge is 2.30. The van der Waals surface area contributed by atoms with Gasteiger partial charge in [-0.2, -0.15) is 0 Å². The Morgan fingerprint density at radius 3 is 2.41 bits per heavy atom. The van der Waals surface area contributed by atoms with Crippen molar-refractivity contribution in [3.05, 3.63) is 93.5 Å². The summed E-state index contributed by atoms with van der Waals surface area (Å²) in [7, 11) is 1.79. The number of fused-ring (bicyclic) bond motifs is 1. The molecule has 5 heteroatoms. The Bertz CT molecular complexity index is 1180. The number of halogens is 1. The van der Waals surface area contributed by atoms with Gasteiger partial charge in [0.2, 0.25) is 0 Å². The molecule has 0 radical (unpaired) electrons. The minimum atomic E-state index is -0.562. The molecule has 4 nitrogen and oxygen atoms in total. The lowest BCUT2D eigenvalue weighted by Gasteiger charge is -2.21. The van der Waals surface area contributed by atoms with E-state index in [-0.39, 0.29) is 11.7 Å². The number of hydrogen-bond donors (Lipinski definition) is 1. The summed E-state index contributed by atoms with van der Waals surface area (Å²) in [5.74, 6) is 0.131. The van der Waals surface area contributed by atoms with Crippen molar-refractivity contribution >= 4 is 28.9 Å². The molecular formula is C27H27ClN2O2. The first kappa shape index (κ1) is 22.1. The summed E-state index contributed by atoms with van der Waals surface area (Å²) in [5, 5.41) is 10.3. The Labute approximate surface area is 194 Å². The van der Waals surface area contributed by atoms with Gasteiger partial charge in [0.15, 0.2) is 0 Å². The average molecular weight is 447 g/mol. The summed E-state index contributed by atoms with van der Waals surface area (Å²) in [6.07, 6.45) is 2.42. The number of phenols is 1. The van der Waals surface area contributed by atoms with E-state index in [9.17, 15) is 9.90 Å². The van der Waals surface area contributed by atoms with Gasteiger partial charge >= 0.3 is 0 Å². The van der Waals surface area contributed by atoms with Crippen LogP contribution in [0.2, 0.25) is 5.02 Å². The number of benzene rings is 3. The fourth-order valence-corrected chi connectivity index (χ4v) is 4.40. The zero-order valence-corrected chi connectivity index (χ0v) is 19.4. The topological polar surface area (TPSA) is 52.9 Å². The number of carbonyl (C=O) groups is 1. The van der Waals surface area contributed by atoms with Gasteiger partial charge < -0.3 is 10.0 Å². The van der Waals surface area contributed by atoms with Gasteiger partial charge in [-0.25, -0.2) is 0 Å². The van der Waals surface area contributed by atoms with Gasteiger partial charge in [-0.1, -0.05) is 43.6 Å². The summed E-state index contributed by atoms with van der Waals surface area (Å²) in [4.78, 5) is 20.2. The number of aryl methyl sites for hydroxylation is 2. The second-order valence-electron chi connectivity index (χ2n) is 8.11. The average Bonchev–Trinajstić information content (AvgIpc) is 2.90. The number of carbonyl (C=O) groups excluding carboxylic acids is 1. The molecule has 0 aliphatic carbocycles. The fourth-order valence-electron chi connectivity index (χ4n) is 4.23. The van der Waals surface area contributed by atoms with E-state index >= 15 is 0 Å². The molecule has 1 N–H and O–H groups in total. The highest BCUT2D eigenvalue weighted by atomic mass is 35.5. The SMILES string of the molecule is CCc1ccc(CC2N=C(c3ccc(O)cc3)c3cc(Cl)ccc3N(C)C2=O)c(CC)c1. The Morgan fingerprint density at radius 2 is 1.72 bits per heavy atom. The number of nitrogens with zero attached hydrogens (tertiary/aromatic N) is 2. The minimum Gasteiger partial charge on any atom is -0.508 e. The van der Waals surface area contributed by atoms with Crippen LogP contribution in [0, 0.1) is 0 Å². The second-order valence-corrected chi connectivity index (χ2v) is 8.55. The number of aromatic hydroxyl groups is 1. The smallest absolute Gasteiger partial charge is 0.251 e. The van der Waals surface area contributed by atoms with Gasteiger partial charge in [0.25, 0.3) is 5.91 Å². The highest BCUT2D eigenvalue weighted by molar-refractivity contribution is 6.32. The first-order chi connectivity index (χ1) is 15.4. The van der Waals surface area contributed by atoms with Gasteiger partial charge in [-0.3, -0.25) is 9.79 Å². The molecule has 164 valence electrons. The molecule has 1 atom stereocenters. The third-order valence-corrected chi connectivity index (χ3v) is 6.32. The molecule has 1 amide bonds. The van der Waals surface area contributed by atoms with Crippen molar-refractivity contribution in [3.8, 4) is 5.75 Å². The quantitative estimate of drug-likeness (QED) is 0.555. The maximum absolute atomic E-state index is 13.5. The normalized spacial score (nSPS) is 15.9. The van der Waals surface area contributed by atoms with Gasteiger partial charge in [0.05, 0.1) is 11.4 Å². The van der Waals surface area contributed by atoms with Crippen molar-refractivity contribution in [2.45, 2.75) is 39.2 Å².